The molecule has 0 atom stereocenters. The van der Waals surface area contributed by atoms with Crippen LogP contribution in [0.3, 0.4) is 0 Å². The number of hydrogen-bond donors (Lipinski definition) is 2. The molecule has 8 heteroatoms. The molecule has 0 bridgehead atoms. The van der Waals surface area contributed by atoms with Gasteiger partial charge in [-0.25, -0.2) is 10.2 Å². The summed E-state index contributed by atoms with van der Waals surface area (Å²) in [5, 5.41) is 5.11. The van der Waals surface area contributed by atoms with E-state index in [0.717, 1.165) is 27.6 Å². The highest BCUT2D eigenvalue weighted by Gasteiger charge is 2.19. The number of carbonyl (C=O) groups excluding carboxylic acids is 2. The minimum Gasteiger partial charge on any atom is -0.497 e. The number of carbonyl (C=O) groups is 2. The highest BCUT2D eigenvalue weighted by molar-refractivity contribution is 6.10. The number of esters is 1. The van der Waals surface area contributed by atoms with Gasteiger partial charge in [0.15, 0.2) is 11.5 Å². The largest absolute Gasteiger partial charge is 0.497 e. The third-order valence-electron chi connectivity index (χ3n) is 6.34. The van der Waals surface area contributed by atoms with Crippen molar-refractivity contribution in [2.24, 2.45) is 5.10 Å². The van der Waals surface area contributed by atoms with Crippen molar-refractivity contribution in [1.82, 2.24) is 10.4 Å². The molecule has 0 spiro atoms. The van der Waals surface area contributed by atoms with Gasteiger partial charge in [0, 0.05) is 16.5 Å². The minimum absolute atomic E-state index is 0.255. The molecule has 5 rings (SSSR count). The van der Waals surface area contributed by atoms with E-state index in [1.165, 1.54) is 13.3 Å². The van der Waals surface area contributed by atoms with E-state index in [0.29, 0.717) is 28.3 Å². The monoisotopic (exact) mass is 533 g/mol. The van der Waals surface area contributed by atoms with Crippen LogP contribution in [0, 0.1) is 6.92 Å². The van der Waals surface area contributed by atoms with Gasteiger partial charge in [0.2, 0.25) is 0 Å². The standard InChI is InChI=1S/C32H27N3O5/c1-20-9-15-26-25(17-20)29(22-7-5-4-6-8-22)30(34-26)31(36)35-33-19-21-10-16-27(28(18-21)39-3)40-32(37)23-11-13-24(38-2)14-12-23/h4-19,34H,1-3H3,(H,35,36). The summed E-state index contributed by atoms with van der Waals surface area (Å²) in [5.41, 5.74) is 7.75. The lowest BCUT2D eigenvalue weighted by Gasteiger charge is -2.10. The maximum Gasteiger partial charge on any atom is 0.343 e. The molecule has 0 aliphatic rings. The van der Waals surface area contributed by atoms with Gasteiger partial charge in [-0.2, -0.15) is 5.10 Å². The molecule has 0 unspecified atom stereocenters. The lowest BCUT2D eigenvalue weighted by molar-refractivity contribution is 0.0729. The van der Waals surface area contributed by atoms with Gasteiger partial charge in [-0.15, -0.1) is 0 Å². The third-order valence-corrected chi connectivity index (χ3v) is 6.34. The van der Waals surface area contributed by atoms with Gasteiger partial charge in [0.05, 0.1) is 26.0 Å². The number of nitrogens with zero attached hydrogens (tertiary/aromatic N) is 1. The van der Waals surface area contributed by atoms with Crippen LogP contribution < -0.4 is 19.6 Å². The van der Waals surface area contributed by atoms with E-state index >= 15 is 0 Å². The Morgan fingerprint density at radius 2 is 1.62 bits per heavy atom. The van der Waals surface area contributed by atoms with Crippen LogP contribution in [0.5, 0.6) is 17.2 Å². The second kappa shape index (κ2) is 11.6. The van der Waals surface area contributed by atoms with Crippen LogP contribution in [0.4, 0.5) is 0 Å². The van der Waals surface area contributed by atoms with Gasteiger partial charge in [-0.3, -0.25) is 4.79 Å². The SMILES string of the molecule is COc1ccc(C(=O)Oc2ccc(C=NNC(=O)c3[nH]c4ccc(C)cc4c3-c3ccccc3)cc2OC)cc1. The first kappa shape index (κ1) is 26.2. The van der Waals surface area contributed by atoms with E-state index in [9.17, 15) is 9.59 Å². The van der Waals surface area contributed by atoms with Crippen LogP contribution in [-0.2, 0) is 0 Å². The minimum atomic E-state index is -0.530. The average Bonchev–Trinajstić information content (AvgIpc) is 3.37. The number of hydrazone groups is 1. The molecule has 200 valence electrons. The van der Waals surface area contributed by atoms with Crippen LogP contribution in [-0.4, -0.2) is 37.3 Å². The van der Waals surface area contributed by atoms with Crippen molar-refractivity contribution in [1.29, 1.82) is 0 Å². The summed E-state index contributed by atoms with van der Waals surface area (Å²) in [6, 6.07) is 27.4. The number of rotatable bonds is 8. The van der Waals surface area contributed by atoms with E-state index in [4.69, 9.17) is 14.2 Å². The molecule has 0 aliphatic carbocycles. The molecular weight excluding hydrogens is 506 g/mol. The maximum absolute atomic E-state index is 13.2. The van der Waals surface area contributed by atoms with Gasteiger partial charge in [-0.05, 0) is 72.6 Å². The Kier molecular flexibility index (Phi) is 7.59. The normalized spacial score (nSPS) is 11.0. The van der Waals surface area contributed by atoms with Crippen LogP contribution in [0.2, 0.25) is 0 Å². The van der Waals surface area contributed by atoms with Crippen LogP contribution in [0.1, 0.15) is 32.0 Å². The predicted octanol–water partition coefficient (Wildman–Crippen LogP) is 6.14. The first-order chi connectivity index (χ1) is 19.5. The van der Waals surface area contributed by atoms with Crippen molar-refractivity contribution >= 4 is 29.0 Å². The molecule has 40 heavy (non-hydrogen) atoms. The smallest absolute Gasteiger partial charge is 0.343 e. The van der Waals surface area contributed by atoms with Crippen molar-refractivity contribution in [3.8, 4) is 28.4 Å². The highest BCUT2D eigenvalue weighted by Crippen LogP contribution is 2.33. The molecular formula is C32H27N3O5. The number of benzene rings is 4. The molecule has 8 nitrogen and oxygen atoms in total. The maximum atomic E-state index is 13.2. The molecule has 1 heterocycles. The zero-order valence-corrected chi connectivity index (χ0v) is 22.2. The van der Waals surface area contributed by atoms with Crippen molar-refractivity contribution < 1.29 is 23.8 Å². The van der Waals surface area contributed by atoms with Crippen molar-refractivity contribution in [2.45, 2.75) is 6.92 Å². The fourth-order valence-corrected chi connectivity index (χ4v) is 4.34. The molecule has 4 aromatic carbocycles. The number of aromatic amines is 1. The lowest BCUT2D eigenvalue weighted by Crippen LogP contribution is -2.18. The molecule has 0 radical (unpaired) electrons. The molecule has 2 N–H and O–H groups in total. The Morgan fingerprint density at radius 1 is 0.850 bits per heavy atom. The summed E-state index contributed by atoms with van der Waals surface area (Å²) in [7, 11) is 3.03. The summed E-state index contributed by atoms with van der Waals surface area (Å²) in [6.07, 6.45) is 1.49. The molecule has 0 aliphatic heterocycles. The van der Waals surface area contributed by atoms with Gasteiger partial charge in [0.25, 0.3) is 5.91 Å². The third kappa shape index (κ3) is 5.56. The first-order valence-corrected chi connectivity index (χ1v) is 12.5. The van der Waals surface area contributed by atoms with Gasteiger partial charge in [0.1, 0.15) is 11.4 Å². The second-order valence-electron chi connectivity index (χ2n) is 9.02. The Balaban J connectivity index is 1.33. The fourth-order valence-electron chi connectivity index (χ4n) is 4.34. The Hall–Kier alpha value is -5.37. The average molecular weight is 534 g/mol. The molecule has 0 saturated heterocycles. The summed E-state index contributed by atoms with van der Waals surface area (Å²) in [6.45, 7) is 2.02. The number of ether oxygens (including phenoxy) is 3. The van der Waals surface area contributed by atoms with E-state index in [1.807, 2.05) is 49.4 Å². The van der Waals surface area contributed by atoms with E-state index in [-0.39, 0.29) is 11.7 Å². The number of amides is 1. The summed E-state index contributed by atoms with van der Waals surface area (Å²) in [4.78, 5) is 29.0. The molecule has 0 fully saturated rings. The summed E-state index contributed by atoms with van der Waals surface area (Å²) >= 11 is 0. The number of methoxy groups -OCH3 is 2. The topological polar surface area (TPSA) is 102 Å². The number of fused-ring (bicyclic) bond motifs is 1. The summed E-state index contributed by atoms with van der Waals surface area (Å²) in [5.74, 6) is 0.332. The van der Waals surface area contributed by atoms with Gasteiger partial charge in [-0.1, -0.05) is 42.0 Å². The lowest BCUT2D eigenvalue weighted by atomic mass is 10.0. The van der Waals surface area contributed by atoms with Gasteiger partial charge < -0.3 is 19.2 Å². The number of H-pyrrole nitrogens is 1. The van der Waals surface area contributed by atoms with Crippen LogP contribution >= 0.6 is 0 Å². The zero-order valence-electron chi connectivity index (χ0n) is 22.2. The highest BCUT2D eigenvalue weighted by atomic mass is 16.6. The second-order valence-corrected chi connectivity index (χ2v) is 9.02. The zero-order chi connectivity index (χ0) is 28.1. The van der Waals surface area contributed by atoms with E-state index in [2.05, 4.69) is 21.6 Å². The summed E-state index contributed by atoms with van der Waals surface area (Å²) < 4.78 is 16.1. The molecule has 5 aromatic rings. The van der Waals surface area contributed by atoms with Gasteiger partial charge >= 0.3 is 5.97 Å². The van der Waals surface area contributed by atoms with E-state index in [1.54, 1.807) is 49.6 Å². The Bertz CT molecular complexity index is 1710. The quantitative estimate of drug-likeness (QED) is 0.108. The number of aryl methyl sites for hydroxylation is 1. The molecule has 1 amide bonds. The Labute approximate surface area is 231 Å². The van der Waals surface area contributed by atoms with Crippen LogP contribution in [0.25, 0.3) is 22.0 Å². The fraction of sp³-hybridized carbons (Fsp3) is 0.0938. The molecule has 0 saturated carbocycles. The van der Waals surface area contributed by atoms with E-state index < -0.39 is 5.97 Å². The van der Waals surface area contributed by atoms with Crippen molar-refractivity contribution in [2.75, 3.05) is 14.2 Å². The predicted molar refractivity (Wildman–Crippen MR) is 154 cm³/mol. The molecule has 1 aromatic heterocycles. The Morgan fingerprint density at radius 3 is 2.35 bits per heavy atom. The van der Waals surface area contributed by atoms with Crippen molar-refractivity contribution in [3.63, 3.8) is 0 Å². The number of hydrogen-bond acceptors (Lipinski definition) is 6. The number of nitrogens with one attached hydrogen (secondary N) is 2. The first-order valence-electron chi connectivity index (χ1n) is 12.5. The van der Waals surface area contributed by atoms with Crippen molar-refractivity contribution in [3.05, 3.63) is 113 Å². The van der Waals surface area contributed by atoms with Crippen LogP contribution in [0.15, 0.2) is 96.1 Å². The number of aromatic nitrogens is 1.